The highest BCUT2D eigenvalue weighted by molar-refractivity contribution is 7.22. The van der Waals surface area contributed by atoms with Crippen LogP contribution in [-0.2, 0) is 6.18 Å². The highest BCUT2D eigenvalue weighted by Gasteiger charge is 2.37. The van der Waals surface area contributed by atoms with Crippen molar-refractivity contribution in [2.45, 2.75) is 25.6 Å². The highest BCUT2D eigenvalue weighted by Crippen LogP contribution is 2.34. The Bertz CT molecular complexity index is 1080. The van der Waals surface area contributed by atoms with E-state index in [-0.39, 0.29) is 24.0 Å². The van der Waals surface area contributed by atoms with Crippen LogP contribution in [0, 0.1) is 12.7 Å². The Morgan fingerprint density at radius 1 is 1.24 bits per heavy atom. The molecular formula is C20H17F4N3OS. The van der Waals surface area contributed by atoms with Crippen LogP contribution in [0.1, 0.15) is 27.9 Å². The summed E-state index contributed by atoms with van der Waals surface area (Å²) in [6.07, 6.45) is -4.00. The molecule has 0 aliphatic carbocycles. The lowest BCUT2D eigenvalue weighted by Crippen LogP contribution is -2.33. The number of aryl methyl sites for hydroxylation is 1. The third-order valence-electron chi connectivity index (χ3n) is 4.86. The number of halogens is 4. The van der Waals surface area contributed by atoms with Gasteiger partial charge in [0.05, 0.1) is 21.3 Å². The van der Waals surface area contributed by atoms with Gasteiger partial charge in [0.25, 0.3) is 5.91 Å². The molecule has 1 amide bonds. The molecule has 2 aromatic carbocycles. The molecular weight excluding hydrogens is 406 g/mol. The quantitative estimate of drug-likeness (QED) is 0.597. The molecule has 1 aliphatic rings. The zero-order valence-corrected chi connectivity index (χ0v) is 16.2. The fraction of sp³-hybridized carbons (Fsp3) is 0.300. The minimum absolute atomic E-state index is 0.136. The minimum atomic E-state index is -4.59. The number of nitrogens with one attached hydrogen (secondary N) is 1. The number of aromatic nitrogens is 1. The number of fused-ring (bicyclic) bond motifs is 1. The monoisotopic (exact) mass is 423 g/mol. The largest absolute Gasteiger partial charge is 0.417 e. The molecule has 1 aliphatic heterocycles. The minimum Gasteiger partial charge on any atom is -0.357 e. The van der Waals surface area contributed by atoms with Gasteiger partial charge in [0.1, 0.15) is 5.82 Å². The van der Waals surface area contributed by atoms with Gasteiger partial charge in [0, 0.05) is 19.1 Å². The van der Waals surface area contributed by atoms with E-state index in [1.54, 1.807) is 13.0 Å². The molecule has 3 aromatic rings. The van der Waals surface area contributed by atoms with Crippen molar-refractivity contribution in [3.8, 4) is 0 Å². The number of amides is 1. The fourth-order valence-corrected chi connectivity index (χ4v) is 4.42. The van der Waals surface area contributed by atoms with Crippen molar-refractivity contribution >= 4 is 32.6 Å². The maximum atomic E-state index is 13.3. The Kier molecular flexibility index (Phi) is 4.94. The molecule has 9 heteroatoms. The van der Waals surface area contributed by atoms with Gasteiger partial charge in [-0.3, -0.25) is 4.79 Å². The Balaban J connectivity index is 1.49. The summed E-state index contributed by atoms with van der Waals surface area (Å²) < 4.78 is 53.9. The van der Waals surface area contributed by atoms with Crippen LogP contribution in [0.4, 0.5) is 22.7 Å². The van der Waals surface area contributed by atoms with Crippen molar-refractivity contribution in [3.63, 3.8) is 0 Å². The molecule has 1 atom stereocenters. The van der Waals surface area contributed by atoms with Gasteiger partial charge in [0.2, 0.25) is 0 Å². The van der Waals surface area contributed by atoms with Crippen LogP contribution in [-0.4, -0.2) is 34.9 Å². The van der Waals surface area contributed by atoms with Gasteiger partial charge in [0.15, 0.2) is 5.13 Å². The van der Waals surface area contributed by atoms with Crippen LogP contribution in [0.2, 0.25) is 0 Å². The van der Waals surface area contributed by atoms with Crippen molar-refractivity contribution in [2.75, 3.05) is 18.4 Å². The SMILES string of the molecule is Cc1ccc(C(F)(F)F)c(C(=O)N2CCC(Nc3nc4ccc(F)cc4s3)C2)c1. The van der Waals surface area contributed by atoms with Gasteiger partial charge < -0.3 is 10.2 Å². The number of carbonyl (C=O) groups excluding carboxylic acids is 1. The Labute approximate surface area is 168 Å². The maximum absolute atomic E-state index is 13.3. The summed E-state index contributed by atoms with van der Waals surface area (Å²) in [6.45, 7) is 2.27. The van der Waals surface area contributed by atoms with E-state index < -0.39 is 17.6 Å². The number of anilines is 1. The zero-order chi connectivity index (χ0) is 20.8. The van der Waals surface area contributed by atoms with Crippen molar-refractivity contribution in [3.05, 3.63) is 58.9 Å². The second-order valence-corrected chi connectivity index (χ2v) is 8.09. The standard InChI is InChI=1S/C20H17F4N3OS/c1-11-2-4-15(20(22,23)24)14(8-11)18(28)27-7-6-13(10-27)25-19-26-16-5-3-12(21)9-17(16)29-19/h2-5,8-9,13H,6-7,10H2,1H3,(H,25,26). The summed E-state index contributed by atoms with van der Waals surface area (Å²) in [5, 5.41) is 3.81. The lowest BCUT2D eigenvalue weighted by molar-refractivity contribution is -0.138. The van der Waals surface area contributed by atoms with Crippen LogP contribution >= 0.6 is 11.3 Å². The number of likely N-dealkylation sites (tertiary alicyclic amines) is 1. The summed E-state index contributed by atoms with van der Waals surface area (Å²) in [5.41, 5.74) is 0.0164. The van der Waals surface area contributed by atoms with Crippen LogP contribution in [0.5, 0.6) is 0 Å². The first kappa shape index (κ1) is 19.6. The number of thiazole rings is 1. The van der Waals surface area contributed by atoms with Gasteiger partial charge in [-0.15, -0.1) is 0 Å². The lowest BCUT2D eigenvalue weighted by Gasteiger charge is -2.20. The molecule has 1 unspecified atom stereocenters. The number of alkyl halides is 3. The van der Waals surface area contributed by atoms with E-state index in [1.165, 1.54) is 40.5 Å². The highest BCUT2D eigenvalue weighted by atomic mass is 32.1. The first-order valence-corrected chi connectivity index (χ1v) is 9.82. The molecule has 1 aromatic heterocycles. The fourth-order valence-electron chi connectivity index (χ4n) is 3.45. The molecule has 0 bridgehead atoms. The van der Waals surface area contributed by atoms with Crippen LogP contribution < -0.4 is 5.32 Å². The van der Waals surface area contributed by atoms with E-state index >= 15 is 0 Å². The predicted octanol–water partition coefficient (Wildman–Crippen LogP) is 5.09. The van der Waals surface area contributed by atoms with Crippen LogP contribution in [0.15, 0.2) is 36.4 Å². The molecule has 1 N–H and O–H groups in total. The van der Waals surface area contributed by atoms with Crippen molar-refractivity contribution in [1.82, 2.24) is 9.88 Å². The van der Waals surface area contributed by atoms with Crippen LogP contribution in [0.25, 0.3) is 10.2 Å². The second-order valence-electron chi connectivity index (χ2n) is 7.06. The van der Waals surface area contributed by atoms with Gasteiger partial charge in [-0.05, 0) is 43.7 Å². The van der Waals surface area contributed by atoms with Gasteiger partial charge >= 0.3 is 6.18 Å². The number of carbonyl (C=O) groups is 1. The number of nitrogens with zero attached hydrogens (tertiary/aromatic N) is 2. The third kappa shape index (κ3) is 4.05. The molecule has 2 heterocycles. The normalized spacial score (nSPS) is 17.1. The van der Waals surface area contributed by atoms with E-state index in [2.05, 4.69) is 10.3 Å². The summed E-state index contributed by atoms with van der Waals surface area (Å²) in [7, 11) is 0. The lowest BCUT2D eigenvalue weighted by atomic mass is 10.0. The average molecular weight is 423 g/mol. The Morgan fingerprint density at radius 2 is 2.03 bits per heavy atom. The number of rotatable bonds is 3. The number of hydrogen-bond acceptors (Lipinski definition) is 4. The summed E-state index contributed by atoms with van der Waals surface area (Å²) >= 11 is 1.30. The first-order valence-electron chi connectivity index (χ1n) is 9.00. The van der Waals surface area contributed by atoms with Crippen molar-refractivity contribution in [2.24, 2.45) is 0 Å². The van der Waals surface area contributed by atoms with Gasteiger partial charge in [-0.2, -0.15) is 13.2 Å². The van der Waals surface area contributed by atoms with Crippen molar-refractivity contribution in [1.29, 1.82) is 0 Å². The van der Waals surface area contributed by atoms with E-state index in [0.717, 1.165) is 6.07 Å². The van der Waals surface area contributed by atoms with E-state index in [9.17, 15) is 22.4 Å². The molecule has 4 nitrogen and oxygen atoms in total. The summed E-state index contributed by atoms with van der Waals surface area (Å²) in [4.78, 5) is 18.6. The van der Waals surface area contributed by atoms with E-state index in [0.29, 0.717) is 33.9 Å². The number of hydrogen-bond donors (Lipinski definition) is 1. The predicted molar refractivity (Wildman–Crippen MR) is 104 cm³/mol. The topological polar surface area (TPSA) is 45.2 Å². The van der Waals surface area contributed by atoms with Gasteiger partial charge in [-0.1, -0.05) is 23.0 Å². The first-order chi connectivity index (χ1) is 13.7. The Hall–Kier alpha value is -2.68. The molecule has 0 radical (unpaired) electrons. The molecule has 4 rings (SSSR count). The number of benzene rings is 2. The maximum Gasteiger partial charge on any atom is 0.417 e. The average Bonchev–Trinajstić information content (AvgIpc) is 3.26. The van der Waals surface area contributed by atoms with Gasteiger partial charge in [-0.25, -0.2) is 9.37 Å². The summed E-state index contributed by atoms with van der Waals surface area (Å²) in [6, 6.07) is 7.78. The molecule has 29 heavy (non-hydrogen) atoms. The zero-order valence-electron chi connectivity index (χ0n) is 15.4. The van der Waals surface area contributed by atoms with Crippen molar-refractivity contribution < 1.29 is 22.4 Å². The molecule has 1 saturated heterocycles. The van der Waals surface area contributed by atoms with E-state index in [1.807, 2.05) is 0 Å². The molecule has 152 valence electrons. The van der Waals surface area contributed by atoms with E-state index in [4.69, 9.17) is 0 Å². The third-order valence-corrected chi connectivity index (χ3v) is 5.81. The second kappa shape index (κ2) is 7.29. The molecule has 0 spiro atoms. The van der Waals surface area contributed by atoms with Crippen LogP contribution in [0.3, 0.4) is 0 Å². The molecule has 1 fully saturated rings. The summed E-state index contributed by atoms with van der Waals surface area (Å²) in [5.74, 6) is -0.972. The Morgan fingerprint density at radius 3 is 2.79 bits per heavy atom. The molecule has 0 saturated carbocycles. The smallest absolute Gasteiger partial charge is 0.357 e.